The molecule has 0 aliphatic carbocycles. The highest BCUT2D eigenvalue weighted by Crippen LogP contribution is 2.36. The molecule has 3 amide bonds. The first-order valence-electron chi connectivity index (χ1n) is 11.1. The molecule has 0 radical (unpaired) electrons. The summed E-state index contributed by atoms with van der Waals surface area (Å²) in [5.41, 5.74) is 1.65. The van der Waals surface area contributed by atoms with Crippen molar-refractivity contribution in [3.63, 3.8) is 0 Å². The molecule has 2 aromatic heterocycles. The highest BCUT2D eigenvalue weighted by Gasteiger charge is 2.51. The maximum atomic E-state index is 13.1. The summed E-state index contributed by atoms with van der Waals surface area (Å²) in [5, 5.41) is 0.197. The quantitative estimate of drug-likeness (QED) is 0.206. The molecule has 1 aromatic carbocycles. The fraction of sp³-hybridized carbons (Fsp3) is 0.269. The van der Waals surface area contributed by atoms with Crippen LogP contribution in [0, 0.1) is 6.57 Å². The van der Waals surface area contributed by atoms with Crippen LogP contribution in [0.3, 0.4) is 0 Å². The molecule has 4 rings (SSSR count). The number of carbonyl (C=O) groups is 2. The van der Waals surface area contributed by atoms with Gasteiger partial charge in [0.15, 0.2) is 12.4 Å². The second-order valence-electron chi connectivity index (χ2n) is 8.72. The molecular weight excluding hydrogens is 466 g/mol. The molecule has 0 unspecified atom stereocenters. The number of pyridine rings is 2. The average molecular weight is 491 g/mol. The van der Waals surface area contributed by atoms with E-state index in [1.54, 1.807) is 26.1 Å². The molecule has 1 fully saturated rings. The number of hydrogen-bond acceptors (Lipinski definition) is 4. The molecule has 3 aromatic rings. The molecule has 0 atom stereocenters. The minimum Gasteiger partial charge on any atom is -0.478 e. The van der Waals surface area contributed by atoms with Crippen LogP contribution in [0.2, 0.25) is 5.02 Å². The number of amides is 3. The Morgan fingerprint density at radius 2 is 1.86 bits per heavy atom. The number of halogens is 1. The molecule has 9 heteroatoms. The summed E-state index contributed by atoms with van der Waals surface area (Å²) < 4.78 is 7.73. The van der Waals surface area contributed by atoms with Crippen LogP contribution in [0.1, 0.15) is 20.3 Å². The van der Waals surface area contributed by atoms with Gasteiger partial charge in [-0.15, -0.1) is 0 Å². The standard InChI is InChI=1S/C26H25ClN5O3/c1-26(2)24(33)32(20-7-8-22(28-3)21(27)16-20)25(34)31(26)12-5-15-35-23-9-6-19(17-29-23)18-10-13-30(4)14-11-18/h6-11,13-14,16-17H,5,12,15H2,1-2,4H3/q+1. The molecule has 0 saturated carbocycles. The van der Waals surface area contributed by atoms with E-state index >= 15 is 0 Å². The van der Waals surface area contributed by atoms with E-state index in [1.807, 2.05) is 48.3 Å². The minimum absolute atomic E-state index is 0.197. The first-order chi connectivity index (χ1) is 16.7. The van der Waals surface area contributed by atoms with Crippen molar-refractivity contribution < 1.29 is 18.9 Å². The smallest absolute Gasteiger partial charge is 0.332 e. The molecule has 0 bridgehead atoms. The number of aromatic nitrogens is 2. The molecule has 1 saturated heterocycles. The number of rotatable bonds is 7. The van der Waals surface area contributed by atoms with E-state index in [0.717, 1.165) is 16.0 Å². The Bertz CT molecular complexity index is 1300. The Labute approximate surface area is 209 Å². The van der Waals surface area contributed by atoms with Gasteiger partial charge >= 0.3 is 6.03 Å². The number of hydrogen-bond donors (Lipinski definition) is 0. The normalized spacial score (nSPS) is 14.8. The van der Waals surface area contributed by atoms with Gasteiger partial charge in [-0.3, -0.25) is 4.79 Å². The summed E-state index contributed by atoms with van der Waals surface area (Å²) in [5.74, 6) is 0.149. The van der Waals surface area contributed by atoms with Crippen LogP contribution in [0.5, 0.6) is 5.88 Å². The summed E-state index contributed by atoms with van der Waals surface area (Å²) in [4.78, 5) is 36.5. The molecule has 3 heterocycles. The van der Waals surface area contributed by atoms with E-state index in [1.165, 1.54) is 17.0 Å². The minimum atomic E-state index is -1.02. The number of aryl methyl sites for hydroxylation is 1. The Kier molecular flexibility index (Phi) is 6.72. The van der Waals surface area contributed by atoms with Crippen molar-refractivity contribution in [2.75, 3.05) is 18.1 Å². The zero-order chi connectivity index (χ0) is 25.2. The lowest BCUT2D eigenvalue weighted by molar-refractivity contribution is -0.671. The van der Waals surface area contributed by atoms with Gasteiger partial charge in [-0.25, -0.2) is 24.1 Å². The Morgan fingerprint density at radius 3 is 2.49 bits per heavy atom. The van der Waals surface area contributed by atoms with Crippen LogP contribution < -0.4 is 14.2 Å². The van der Waals surface area contributed by atoms with E-state index in [2.05, 4.69) is 9.83 Å². The molecule has 178 valence electrons. The maximum absolute atomic E-state index is 13.1. The van der Waals surface area contributed by atoms with Crippen LogP contribution in [-0.2, 0) is 11.8 Å². The predicted octanol–water partition coefficient (Wildman–Crippen LogP) is 4.79. The van der Waals surface area contributed by atoms with Crippen molar-refractivity contribution in [1.82, 2.24) is 9.88 Å². The zero-order valence-electron chi connectivity index (χ0n) is 19.7. The van der Waals surface area contributed by atoms with Gasteiger partial charge < -0.3 is 9.64 Å². The van der Waals surface area contributed by atoms with Gasteiger partial charge in [-0.2, -0.15) is 0 Å². The summed E-state index contributed by atoms with van der Waals surface area (Å²) in [6.07, 6.45) is 6.23. The summed E-state index contributed by atoms with van der Waals surface area (Å²) in [6.45, 7) is 11.2. The van der Waals surface area contributed by atoms with Crippen molar-refractivity contribution in [3.05, 3.63) is 77.5 Å². The zero-order valence-corrected chi connectivity index (χ0v) is 20.5. The van der Waals surface area contributed by atoms with Crippen LogP contribution in [0.25, 0.3) is 16.0 Å². The van der Waals surface area contributed by atoms with Crippen molar-refractivity contribution in [1.29, 1.82) is 0 Å². The first kappa shape index (κ1) is 24.2. The second-order valence-corrected chi connectivity index (χ2v) is 9.13. The number of benzene rings is 1. The van der Waals surface area contributed by atoms with E-state index in [4.69, 9.17) is 22.9 Å². The third-order valence-electron chi connectivity index (χ3n) is 5.96. The number of ether oxygens (including phenoxy) is 1. The lowest BCUT2D eigenvalue weighted by Gasteiger charge is -2.27. The van der Waals surface area contributed by atoms with Gasteiger partial charge in [-0.1, -0.05) is 17.7 Å². The number of urea groups is 1. The number of imide groups is 1. The van der Waals surface area contributed by atoms with Gasteiger partial charge in [0.05, 0.1) is 18.9 Å². The second kappa shape index (κ2) is 9.72. The highest BCUT2D eigenvalue weighted by atomic mass is 35.5. The van der Waals surface area contributed by atoms with Crippen LogP contribution >= 0.6 is 11.6 Å². The molecular formula is C26H25ClN5O3+. The maximum Gasteiger partial charge on any atom is 0.332 e. The third-order valence-corrected chi connectivity index (χ3v) is 6.26. The topological polar surface area (TPSA) is 71.0 Å². The van der Waals surface area contributed by atoms with Gasteiger partial charge in [0.1, 0.15) is 12.6 Å². The van der Waals surface area contributed by atoms with E-state index in [0.29, 0.717) is 31.1 Å². The van der Waals surface area contributed by atoms with E-state index in [9.17, 15) is 9.59 Å². The van der Waals surface area contributed by atoms with E-state index in [-0.39, 0.29) is 16.6 Å². The highest BCUT2D eigenvalue weighted by molar-refractivity contribution is 6.34. The van der Waals surface area contributed by atoms with Gasteiger partial charge in [0.25, 0.3) is 5.91 Å². The summed E-state index contributed by atoms with van der Waals surface area (Å²) in [7, 11) is 1.97. The molecule has 1 aliphatic rings. The lowest BCUT2D eigenvalue weighted by Crippen LogP contribution is -2.44. The average Bonchev–Trinajstić information content (AvgIpc) is 3.01. The first-order valence-corrected chi connectivity index (χ1v) is 11.5. The summed E-state index contributed by atoms with van der Waals surface area (Å²) >= 11 is 6.12. The fourth-order valence-electron chi connectivity index (χ4n) is 3.89. The SMILES string of the molecule is [C-]#[N+]c1ccc(N2C(=O)N(CCCOc3ccc(-c4cc[n+](C)cc4)cn3)C(C)(C)C2=O)cc1Cl. The predicted molar refractivity (Wildman–Crippen MR) is 132 cm³/mol. The Balaban J connectivity index is 1.36. The van der Waals surface area contributed by atoms with Crippen LogP contribution in [0.4, 0.5) is 16.2 Å². The lowest BCUT2D eigenvalue weighted by atomic mass is 10.0. The molecule has 8 nitrogen and oxygen atoms in total. The van der Waals surface area contributed by atoms with Crippen molar-refractivity contribution in [3.8, 4) is 17.0 Å². The fourth-order valence-corrected chi connectivity index (χ4v) is 4.11. The monoisotopic (exact) mass is 490 g/mol. The van der Waals surface area contributed by atoms with Crippen molar-refractivity contribution in [2.24, 2.45) is 7.05 Å². The largest absolute Gasteiger partial charge is 0.478 e. The molecule has 0 N–H and O–H groups in total. The van der Waals surface area contributed by atoms with Crippen molar-refractivity contribution >= 4 is 34.9 Å². The molecule has 35 heavy (non-hydrogen) atoms. The Hall–Kier alpha value is -3.96. The number of anilines is 1. The number of nitrogens with zero attached hydrogens (tertiary/aromatic N) is 5. The third kappa shape index (κ3) is 4.81. The molecule has 0 spiro atoms. The molecule has 1 aliphatic heterocycles. The van der Waals surface area contributed by atoms with Crippen LogP contribution in [-0.4, -0.2) is 40.5 Å². The van der Waals surface area contributed by atoms with Crippen LogP contribution in [0.15, 0.2) is 61.1 Å². The number of carbonyl (C=O) groups excluding carboxylic acids is 2. The van der Waals surface area contributed by atoms with Gasteiger partial charge in [0, 0.05) is 41.5 Å². The van der Waals surface area contributed by atoms with Gasteiger partial charge in [0.2, 0.25) is 11.6 Å². The van der Waals surface area contributed by atoms with Crippen molar-refractivity contribution in [2.45, 2.75) is 25.8 Å². The van der Waals surface area contributed by atoms with E-state index < -0.39 is 11.6 Å². The summed E-state index contributed by atoms with van der Waals surface area (Å²) in [6, 6.07) is 11.9. The van der Waals surface area contributed by atoms with Gasteiger partial charge in [-0.05, 0) is 44.0 Å². The Morgan fingerprint density at radius 1 is 1.11 bits per heavy atom.